The van der Waals surface area contributed by atoms with Crippen molar-refractivity contribution in [2.45, 2.75) is 229 Å². The van der Waals surface area contributed by atoms with Crippen LogP contribution in [0.2, 0.25) is 0 Å². The number of nitrogens with zero attached hydrogens (tertiary/aromatic N) is 1. The van der Waals surface area contributed by atoms with Gasteiger partial charge >= 0.3 is 17.9 Å². The van der Waals surface area contributed by atoms with E-state index in [1.807, 2.05) is 26.0 Å². The fourth-order valence-electron chi connectivity index (χ4n) is 12.9. The number of nitrogens with two attached hydrogens (primary N) is 2. The summed E-state index contributed by atoms with van der Waals surface area (Å²) in [4.78, 5) is 247. The number of benzene rings is 3. The number of carboxylic acids is 3. The van der Waals surface area contributed by atoms with Crippen LogP contribution in [0.3, 0.4) is 0 Å². The molecule has 5 rings (SSSR count). The van der Waals surface area contributed by atoms with Gasteiger partial charge in [-0.3, -0.25) is 86.9 Å². The first-order valence-corrected chi connectivity index (χ1v) is 44.0. The molecule has 42 nitrogen and oxygen atoms in total. The molecule has 14 amide bonds. The first-order chi connectivity index (χ1) is 59.1. The third-order valence-corrected chi connectivity index (χ3v) is 21.7. The minimum absolute atomic E-state index is 0.00673. The molecule has 0 unspecified atom stereocenters. The average molecular weight is 1790 g/mol. The standard InChI is InChI=1S/C81H115N19O23S2/c1-7-9-12-19-52-71(112)94-58(36-47-24-28-51(101)29-25-47)76(117)96-59(37-50-40-85-43-87-50)77(118)98-60(38-65(105)106)78(119)92-55(30-31-64(103)104)74(115)100-67(44(3)4)80(121)93-56(32-34-125(6,122)123)73(114)95-57(35-46-22-26-49(27-23-46)48-17-14-11-15-18-48)75(116)91-53(20-13-10-8-2)72(113)97-61(39-66(107)108)79(120)99-62(68(82)109)41-124-42-63(102)88-45(5)69(110)89-54(70(111)90-52)21-16-33-86-81(83)84/h11,14-15,17-18,22-29,40,43-45,52-62,67,101H,7-10,12-13,16,19-21,30-39,41-42H2,1-6H3,(H2,82,109)(H,85,87)(H,88,102)(H,89,110)(H,90,111)(H,91,116)(H,92,119)(H,93,121)(H,94,112)(H,95,114)(H,96,117)(H,97,113)(H,98,118)(H,99,120)(H,100,115)(H,103,104)(H,105,106)(H,107,108)(H4,83,84,86)/t45-,52-,53-,54-,55-,56-,57-,58-,59-,60-,61-,62-,67-/m0/s1. The second-order valence-electron chi connectivity index (χ2n) is 30.5. The molecular weight excluding hydrogens is 1670 g/mol. The summed E-state index contributed by atoms with van der Waals surface area (Å²) in [5.41, 5.74) is 13.5. The van der Waals surface area contributed by atoms with Gasteiger partial charge in [0.2, 0.25) is 82.7 Å². The summed E-state index contributed by atoms with van der Waals surface area (Å²) in [6.07, 6.45) is -0.550. The molecule has 1 aliphatic rings. The van der Waals surface area contributed by atoms with Crippen LogP contribution in [-0.2, 0) is 111 Å². The van der Waals surface area contributed by atoms with Crippen LogP contribution in [0.25, 0.3) is 11.1 Å². The van der Waals surface area contributed by atoms with Crippen molar-refractivity contribution in [1.29, 1.82) is 5.41 Å². The number of aromatic hydroxyl groups is 1. The van der Waals surface area contributed by atoms with E-state index in [-0.39, 0.29) is 56.5 Å². The third kappa shape index (κ3) is 37.5. The second kappa shape index (κ2) is 52.0. The third-order valence-electron chi connectivity index (χ3n) is 19.7. The molecule has 1 saturated heterocycles. The number of aromatic nitrogens is 2. The molecular formula is C81H115N19O23S2. The monoisotopic (exact) mass is 1790 g/mol. The molecule has 125 heavy (non-hydrogen) atoms. The molecule has 1 aliphatic heterocycles. The lowest BCUT2D eigenvalue weighted by Gasteiger charge is -2.29. The van der Waals surface area contributed by atoms with E-state index in [2.05, 4.69) is 84.4 Å². The Labute approximate surface area is 726 Å². The van der Waals surface area contributed by atoms with Gasteiger partial charge in [0.1, 0.15) is 94.1 Å². The largest absolute Gasteiger partial charge is 0.508 e. The zero-order chi connectivity index (χ0) is 92.6. The number of phenols is 1. The van der Waals surface area contributed by atoms with Crippen molar-refractivity contribution in [2.75, 3.05) is 30.1 Å². The highest BCUT2D eigenvalue weighted by atomic mass is 32.2. The Bertz CT molecular complexity index is 4510. The predicted molar refractivity (Wildman–Crippen MR) is 455 cm³/mol. The Morgan fingerprint density at radius 2 is 0.904 bits per heavy atom. The van der Waals surface area contributed by atoms with Gasteiger partial charge in [-0.1, -0.05) is 133 Å². The minimum atomic E-state index is -4.01. The van der Waals surface area contributed by atoms with Gasteiger partial charge in [0.15, 0.2) is 5.96 Å². The first kappa shape index (κ1) is 103. The number of thioether (sulfide) groups is 1. The van der Waals surface area contributed by atoms with Crippen molar-refractivity contribution in [3.63, 3.8) is 0 Å². The van der Waals surface area contributed by atoms with Gasteiger partial charge in [-0.2, -0.15) is 0 Å². The molecule has 3 aromatic carbocycles. The van der Waals surface area contributed by atoms with Crippen molar-refractivity contribution < 1.29 is 110 Å². The number of guanidine groups is 1. The van der Waals surface area contributed by atoms with Crippen molar-refractivity contribution in [3.8, 4) is 16.9 Å². The second-order valence-corrected chi connectivity index (χ2v) is 33.8. The van der Waals surface area contributed by atoms with Crippen LogP contribution in [0.15, 0.2) is 91.4 Å². The predicted octanol–water partition coefficient (Wildman–Crippen LogP) is -2.31. The van der Waals surface area contributed by atoms with E-state index in [9.17, 15) is 101 Å². The number of carbonyl (C=O) groups is 17. The quantitative estimate of drug-likeness (QED) is 0.0143. The Kier molecular flexibility index (Phi) is 42.8. The fourth-order valence-corrected chi connectivity index (χ4v) is 14.4. The summed E-state index contributed by atoms with van der Waals surface area (Å²) in [6.45, 7) is 7.72. The topological polar surface area (TPSA) is 678 Å². The van der Waals surface area contributed by atoms with Gasteiger partial charge in [0, 0.05) is 50.4 Å². The number of H-pyrrole nitrogens is 1. The lowest BCUT2D eigenvalue weighted by molar-refractivity contribution is -0.142. The van der Waals surface area contributed by atoms with Gasteiger partial charge in [0.05, 0.1) is 36.4 Å². The maximum atomic E-state index is 15.1. The van der Waals surface area contributed by atoms with Crippen molar-refractivity contribution in [2.24, 2.45) is 17.4 Å². The van der Waals surface area contributed by atoms with Crippen molar-refractivity contribution in [1.82, 2.24) is 84.4 Å². The molecule has 44 heteroatoms. The molecule has 0 saturated carbocycles. The van der Waals surface area contributed by atoms with Crippen LogP contribution in [0.4, 0.5) is 0 Å². The number of phenolic OH excluding ortho intramolecular Hbond substituents is 1. The van der Waals surface area contributed by atoms with E-state index in [4.69, 9.17) is 16.9 Å². The molecule has 24 N–H and O–H groups in total. The van der Waals surface area contributed by atoms with Crippen molar-refractivity contribution in [3.05, 3.63) is 108 Å². The summed E-state index contributed by atoms with van der Waals surface area (Å²) in [5.74, 6) is -24.4. The maximum absolute atomic E-state index is 15.1. The van der Waals surface area contributed by atoms with Gasteiger partial charge in [-0.25, -0.2) is 13.4 Å². The average Bonchev–Trinajstić information content (AvgIpc) is 1.83. The SMILES string of the molecule is CCCCC[C@@H]1NC(=O)[C@H](CCCNC(=N)N)NC(=O)[C@H](C)NC(=O)CSC[C@@H](C(N)=O)NC(=O)[C@H](CC(=O)O)NC(=O)[C@H](CCCCC)NC(=O)[C@H](Cc2ccc(-c3ccccc3)cc2)NC(=O)[C@H](CCS(C)(=O)=O)NC(=O)[C@H](C(C)C)NC(=O)[C@H](CCC(=O)O)NC(=O)[C@H](CC(=O)O)NC(=O)[C@H](Cc2c[nH]cn2)NC(=O)[C@H](Cc2ccc(O)cc2)NC1=O. The Morgan fingerprint density at radius 1 is 0.496 bits per heavy atom. The van der Waals surface area contributed by atoms with Crippen LogP contribution >= 0.6 is 11.8 Å². The number of rotatable bonds is 31. The lowest BCUT2D eigenvalue weighted by Crippen LogP contribution is -2.62. The zero-order valence-electron chi connectivity index (χ0n) is 70.3. The number of hydrogen-bond donors (Lipinski definition) is 22. The van der Waals surface area contributed by atoms with Crippen molar-refractivity contribution >= 4 is 128 Å². The molecule has 0 radical (unpaired) electrons. The van der Waals surface area contributed by atoms with Gasteiger partial charge in [-0.15, -0.1) is 11.8 Å². The van der Waals surface area contributed by atoms with Crippen LogP contribution in [0, 0.1) is 11.3 Å². The molecule has 4 aromatic rings. The van der Waals surface area contributed by atoms with E-state index < -0.39 is 269 Å². The number of carbonyl (C=O) groups excluding carboxylic acids is 14. The molecule has 0 bridgehead atoms. The Morgan fingerprint density at radius 3 is 1.35 bits per heavy atom. The molecule has 2 heterocycles. The number of unbranched alkanes of at least 4 members (excludes halogenated alkanes) is 4. The van der Waals surface area contributed by atoms with Gasteiger partial charge in [0.25, 0.3) is 0 Å². The molecule has 13 atom stereocenters. The number of aromatic amines is 1. The number of nitrogens with one attached hydrogen (secondary N) is 16. The lowest BCUT2D eigenvalue weighted by atomic mass is 9.99. The summed E-state index contributed by atoms with van der Waals surface area (Å²) >= 11 is 0.705. The van der Waals surface area contributed by atoms with E-state index in [0.29, 0.717) is 48.6 Å². The first-order valence-electron chi connectivity index (χ1n) is 40.8. The minimum Gasteiger partial charge on any atom is -0.508 e. The summed E-state index contributed by atoms with van der Waals surface area (Å²) in [6, 6.07) is -1.91. The van der Waals surface area contributed by atoms with E-state index >= 15 is 9.59 Å². The maximum Gasteiger partial charge on any atom is 0.305 e. The van der Waals surface area contributed by atoms with E-state index in [0.717, 1.165) is 17.4 Å². The van der Waals surface area contributed by atoms with Crippen LogP contribution in [0.1, 0.15) is 148 Å². The molecule has 0 aliphatic carbocycles. The fraction of sp³-hybridized carbons (Fsp3) is 0.519. The summed E-state index contributed by atoms with van der Waals surface area (Å²) in [7, 11) is -4.01. The number of primary amides is 1. The number of carboxylic acid groups (broad SMARTS) is 3. The molecule has 1 fully saturated rings. The van der Waals surface area contributed by atoms with E-state index in [1.165, 1.54) is 57.6 Å². The molecule has 684 valence electrons. The highest BCUT2D eigenvalue weighted by Gasteiger charge is 2.40. The molecule has 0 spiro atoms. The normalized spacial score (nSPS) is 23.0. The van der Waals surface area contributed by atoms with Crippen LogP contribution in [0.5, 0.6) is 5.75 Å². The summed E-state index contributed by atoms with van der Waals surface area (Å²) in [5, 5.41) is 82.8. The number of amides is 14. The number of sulfone groups is 1. The van der Waals surface area contributed by atoms with Crippen LogP contribution < -0.4 is 85.9 Å². The van der Waals surface area contributed by atoms with Gasteiger partial charge in [-0.05, 0) is 85.8 Å². The summed E-state index contributed by atoms with van der Waals surface area (Å²) < 4.78 is 25.8. The van der Waals surface area contributed by atoms with E-state index in [1.54, 1.807) is 42.5 Å². The number of hydrogen-bond acceptors (Lipinski definition) is 23. The van der Waals surface area contributed by atoms with Crippen LogP contribution in [-0.4, -0.2) is 254 Å². The smallest absolute Gasteiger partial charge is 0.305 e. The Hall–Kier alpha value is -12.8. The van der Waals surface area contributed by atoms with Gasteiger partial charge < -0.3 is 111 Å². The molecule has 1 aromatic heterocycles. The highest BCUT2D eigenvalue weighted by Crippen LogP contribution is 2.22. The Balaban J connectivity index is 1.66. The highest BCUT2D eigenvalue weighted by molar-refractivity contribution is 8.00. The zero-order valence-corrected chi connectivity index (χ0v) is 71.9. The number of imidazole rings is 1. The number of aliphatic carboxylic acids is 3.